The summed E-state index contributed by atoms with van der Waals surface area (Å²) in [7, 11) is 4.06. The monoisotopic (exact) mass is 193 g/mol. The lowest BCUT2D eigenvalue weighted by molar-refractivity contribution is 0.0544. The van der Waals surface area contributed by atoms with Crippen LogP contribution in [-0.2, 0) is 8.92 Å². The highest BCUT2D eigenvalue weighted by Crippen LogP contribution is 2.04. The maximum Gasteiger partial charge on any atom is 0.108 e. The molecule has 0 unspecified atom stereocenters. The molecule has 0 heterocycles. The van der Waals surface area contributed by atoms with Crippen molar-refractivity contribution in [2.45, 2.75) is 13.0 Å². The van der Waals surface area contributed by atoms with Crippen LogP contribution in [0.25, 0.3) is 0 Å². The van der Waals surface area contributed by atoms with E-state index in [-0.39, 0.29) is 6.10 Å². The highest BCUT2D eigenvalue weighted by Gasteiger charge is 2.09. The highest BCUT2D eigenvalue weighted by atomic mass is 32.2. The quantitative estimate of drug-likeness (QED) is 0.567. The number of rotatable bonds is 7. The van der Waals surface area contributed by atoms with Gasteiger partial charge in [-0.2, -0.15) is 0 Å². The number of hydrogen-bond donors (Lipinski definition) is 0. The lowest BCUT2D eigenvalue weighted by atomic mass is 10.3. The van der Waals surface area contributed by atoms with Gasteiger partial charge in [0, 0.05) is 19.4 Å². The van der Waals surface area contributed by atoms with E-state index in [0.717, 1.165) is 13.2 Å². The van der Waals surface area contributed by atoms with Crippen molar-refractivity contribution in [3.8, 4) is 0 Å². The van der Waals surface area contributed by atoms with Gasteiger partial charge in [-0.3, -0.25) is 0 Å². The van der Waals surface area contributed by atoms with E-state index >= 15 is 0 Å². The van der Waals surface area contributed by atoms with E-state index < -0.39 is 0 Å². The molecule has 0 rings (SSSR count). The van der Waals surface area contributed by atoms with Gasteiger partial charge in [-0.05, 0) is 33.1 Å². The van der Waals surface area contributed by atoms with Gasteiger partial charge in [-0.25, -0.2) is 0 Å². The first-order valence-corrected chi connectivity index (χ1v) is 5.27. The van der Waals surface area contributed by atoms with Crippen LogP contribution in [0.4, 0.5) is 0 Å². The van der Waals surface area contributed by atoms with Crippen LogP contribution in [0.2, 0.25) is 0 Å². The van der Waals surface area contributed by atoms with Crippen LogP contribution in [0.1, 0.15) is 6.92 Å². The van der Waals surface area contributed by atoms with Gasteiger partial charge >= 0.3 is 0 Å². The summed E-state index contributed by atoms with van der Waals surface area (Å²) in [5, 5.41) is 0. The van der Waals surface area contributed by atoms with Gasteiger partial charge in [0.15, 0.2) is 0 Å². The average molecular weight is 193 g/mol. The fourth-order valence-electron chi connectivity index (χ4n) is 0.904. The van der Waals surface area contributed by atoms with Crippen LogP contribution >= 0.6 is 12.0 Å². The van der Waals surface area contributed by atoms with E-state index in [4.69, 9.17) is 8.92 Å². The molecule has 0 aliphatic rings. The Morgan fingerprint density at radius 2 is 2.08 bits per heavy atom. The Kier molecular flexibility index (Phi) is 8.01. The second kappa shape index (κ2) is 7.86. The Labute approximate surface area is 79.6 Å². The Hall–Kier alpha value is 0.230. The Morgan fingerprint density at radius 3 is 2.50 bits per heavy atom. The van der Waals surface area contributed by atoms with E-state index in [0.29, 0.717) is 6.61 Å². The van der Waals surface area contributed by atoms with Gasteiger partial charge in [0.1, 0.15) is 6.10 Å². The molecule has 0 radical (unpaired) electrons. The molecule has 0 amide bonds. The lowest BCUT2D eigenvalue weighted by Gasteiger charge is -2.19. The van der Waals surface area contributed by atoms with Gasteiger partial charge in [-0.15, -0.1) is 0 Å². The molecule has 0 aliphatic carbocycles. The van der Waals surface area contributed by atoms with Crippen LogP contribution in [0, 0.1) is 0 Å². The van der Waals surface area contributed by atoms with Crippen LogP contribution in [0.15, 0.2) is 0 Å². The van der Waals surface area contributed by atoms with Gasteiger partial charge in [0.2, 0.25) is 0 Å². The molecule has 3 nitrogen and oxygen atoms in total. The van der Waals surface area contributed by atoms with E-state index in [1.807, 2.05) is 27.3 Å². The second-order valence-corrected chi connectivity index (χ2v) is 3.33. The summed E-state index contributed by atoms with van der Waals surface area (Å²) in [6, 6.07) is 0. The van der Waals surface area contributed by atoms with E-state index in [9.17, 15) is 0 Å². The molecule has 0 N–H and O–H groups in total. The first-order valence-electron chi connectivity index (χ1n) is 4.12. The minimum absolute atomic E-state index is 0.176. The van der Waals surface area contributed by atoms with Gasteiger partial charge in [0.25, 0.3) is 0 Å². The molecular weight excluding hydrogens is 174 g/mol. The zero-order valence-corrected chi connectivity index (χ0v) is 9.19. The van der Waals surface area contributed by atoms with Crippen molar-refractivity contribution in [1.82, 2.24) is 4.90 Å². The van der Waals surface area contributed by atoms with Gasteiger partial charge in [-0.1, -0.05) is 0 Å². The van der Waals surface area contributed by atoms with Gasteiger partial charge < -0.3 is 13.8 Å². The molecule has 0 fully saturated rings. The average Bonchev–Trinajstić information content (AvgIpc) is 2.00. The predicted octanol–water partition coefficient (Wildman–Crippen LogP) is 1.25. The minimum atomic E-state index is 0.176. The molecule has 0 aromatic rings. The molecule has 0 aromatic heterocycles. The molecule has 0 bridgehead atoms. The number of likely N-dealkylation sites (N-methyl/N-ethyl adjacent to an activating group) is 1. The molecule has 0 aliphatic heterocycles. The normalized spacial score (nSPS) is 13.8. The fourth-order valence-corrected chi connectivity index (χ4v) is 1.29. The van der Waals surface area contributed by atoms with Crippen molar-refractivity contribution in [2.24, 2.45) is 0 Å². The van der Waals surface area contributed by atoms with Crippen LogP contribution in [-0.4, -0.2) is 51.1 Å². The fraction of sp³-hybridized carbons (Fsp3) is 1.00. The van der Waals surface area contributed by atoms with Gasteiger partial charge in [0.05, 0.1) is 6.61 Å². The summed E-state index contributed by atoms with van der Waals surface area (Å²) in [6.45, 7) is 4.32. The van der Waals surface area contributed by atoms with E-state index in [1.165, 1.54) is 12.0 Å². The molecule has 74 valence electrons. The number of ether oxygens (including phenoxy) is 1. The van der Waals surface area contributed by atoms with Crippen molar-refractivity contribution in [1.29, 1.82) is 0 Å². The first kappa shape index (κ1) is 12.2. The van der Waals surface area contributed by atoms with Crippen LogP contribution < -0.4 is 0 Å². The third-order valence-electron chi connectivity index (χ3n) is 1.31. The molecule has 4 heteroatoms. The Balaban J connectivity index is 3.54. The second-order valence-electron chi connectivity index (χ2n) is 2.81. The van der Waals surface area contributed by atoms with Crippen molar-refractivity contribution >= 4 is 12.0 Å². The van der Waals surface area contributed by atoms with Crippen molar-refractivity contribution in [3.63, 3.8) is 0 Å². The molecule has 0 aromatic carbocycles. The third kappa shape index (κ3) is 6.91. The lowest BCUT2D eigenvalue weighted by Crippen LogP contribution is -2.30. The maximum atomic E-state index is 5.40. The first-order chi connectivity index (χ1) is 5.70. The van der Waals surface area contributed by atoms with Crippen molar-refractivity contribution in [3.05, 3.63) is 0 Å². The number of nitrogens with zero attached hydrogens (tertiary/aromatic N) is 1. The standard InChI is InChI=1S/C8H19NO2S/c1-5-10-7-8(11-12-4)6-9(2)3/h8H,5-7H2,1-4H3/t8-/m0/s1. The van der Waals surface area contributed by atoms with Crippen LogP contribution in [0.5, 0.6) is 0 Å². The molecule has 12 heavy (non-hydrogen) atoms. The maximum absolute atomic E-state index is 5.40. The minimum Gasteiger partial charge on any atom is -0.379 e. The number of hydrogen-bond acceptors (Lipinski definition) is 4. The molecule has 1 atom stereocenters. The molecular formula is C8H19NO2S. The smallest absolute Gasteiger partial charge is 0.108 e. The molecule has 0 saturated carbocycles. The summed E-state index contributed by atoms with van der Waals surface area (Å²) in [6.07, 6.45) is 2.10. The summed E-state index contributed by atoms with van der Waals surface area (Å²) >= 11 is 1.40. The highest BCUT2D eigenvalue weighted by molar-refractivity contribution is 7.93. The van der Waals surface area contributed by atoms with E-state index in [1.54, 1.807) is 0 Å². The summed E-state index contributed by atoms with van der Waals surface area (Å²) in [4.78, 5) is 2.10. The third-order valence-corrected chi connectivity index (χ3v) is 1.77. The zero-order chi connectivity index (χ0) is 9.40. The summed E-state index contributed by atoms with van der Waals surface area (Å²) < 4.78 is 10.7. The molecule has 0 saturated heterocycles. The molecule has 0 spiro atoms. The van der Waals surface area contributed by atoms with Crippen LogP contribution in [0.3, 0.4) is 0 Å². The Morgan fingerprint density at radius 1 is 1.42 bits per heavy atom. The van der Waals surface area contributed by atoms with Crippen molar-refractivity contribution < 1.29 is 8.92 Å². The summed E-state index contributed by atoms with van der Waals surface area (Å²) in [5.74, 6) is 0. The SMILES string of the molecule is CCOC[C@H](CN(C)C)OSC. The Bertz CT molecular complexity index is 101. The predicted molar refractivity (Wildman–Crippen MR) is 53.4 cm³/mol. The largest absolute Gasteiger partial charge is 0.379 e. The topological polar surface area (TPSA) is 21.7 Å². The summed E-state index contributed by atoms with van der Waals surface area (Å²) in [5.41, 5.74) is 0. The van der Waals surface area contributed by atoms with Crippen molar-refractivity contribution in [2.75, 3.05) is 40.1 Å². The zero-order valence-electron chi connectivity index (χ0n) is 8.37. The van der Waals surface area contributed by atoms with E-state index in [2.05, 4.69) is 4.90 Å².